The lowest BCUT2D eigenvalue weighted by atomic mass is 10.1. The summed E-state index contributed by atoms with van der Waals surface area (Å²) in [5, 5.41) is 2.85. The third-order valence-electron chi connectivity index (χ3n) is 4.21. The summed E-state index contributed by atoms with van der Waals surface area (Å²) in [5.74, 6) is 0.423. The van der Waals surface area contributed by atoms with E-state index >= 15 is 0 Å². The molecule has 0 radical (unpaired) electrons. The minimum absolute atomic E-state index is 0.0553. The minimum atomic E-state index is -0.197. The van der Waals surface area contributed by atoms with E-state index in [-0.39, 0.29) is 12.5 Å². The predicted molar refractivity (Wildman–Crippen MR) is 118 cm³/mol. The highest BCUT2D eigenvalue weighted by molar-refractivity contribution is 9.10. The summed E-state index contributed by atoms with van der Waals surface area (Å²) in [6, 6.07) is 21.1. The van der Waals surface area contributed by atoms with Crippen LogP contribution in [0.4, 0.5) is 11.4 Å². The zero-order valence-electron chi connectivity index (χ0n) is 15.8. The Hall–Kier alpha value is -2.92. The zero-order chi connectivity index (χ0) is 19.9. The van der Waals surface area contributed by atoms with Gasteiger partial charge >= 0.3 is 0 Å². The Balaban J connectivity index is 1.57. The first-order chi connectivity index (χ1) is 13.5. The number of rotatable bonds is 6. The summed E-state index contributed by atoms with van der Waals surface area (Å²) in [4.78, 5) is 16.6. The van der Waals surface area contributed by atoms with Crippen molar-refractivity contribution >= 4 is 39.4 Å². The second-order valence-electron chi connectivity index (χ2n) is 6.44. The molecule has 0 saturated heterocycles. The minimum Gasteiger partial charge on any atom is -0.484 e. The average Bonchev–Trinajstić information content (AvgIpc) is 2.69. The molecule has 0 aliphatic rings. The van der Waals surface area contributed by atoms with Crippen molar-refractivity contribution in [3.8, 4) is 5.75 Å². The van der Waals surface area contributed by atoms with Crippen LogP contribution in [0.1, 0.15) is 16.7 Å². The first-order valence-electron chi connectivity index (χ1n) is 8.89. The fourth-order valence-corrected chi connectivity index (χ4v) is 2.79. The highest BCUT2D eigenvalue weighted by atomic mass is 79.9. The highest BCUT2D eigenvalue weighted by Crippen LogP contribution is 2.18. The summed E-state index contributed by atoms with van der Waals surface area (Å²) in [5.41, 5.74) is 4.86. The Morgan fingerprint density at radius 2 is 1.82 bits per heavy atom. The van der Waals surface area contributed by atoms with Crippen LogP contribution >= 0.6 is 15.9 Å². The van der Waals surface area contributed by atoms with Crippen LogP contribution in [0, 0.1) is 13.8 Å². The fourth-order valence-electron chi connectivity index (χ4n) is 2.53. The van der Waals surface area contributed by atoms with Gasteiger partial charge in [-0.3, -0.25) is 9.79 Å². The number of aryl methyl sites for hydroxylation is 2. The summed E-state index contributed by atoms with van der Waals surface area (Å²) in [6.07, 6.45) is 1.77. The molecule has 3 rings (SSSR count). The fraction of sp³-hybridized carbons (Fsp3) is 0.130. The number of hydrogen-bond donors (Lipinski definition) is 1. The molecule has 0 aromatic heterocycles. The van der Waals surface area contributed by atoms with Crippen LogP contribution in [-0.2, 0) is 4.79 Å². The topological polar surface area (TPSA) is 50.7 Å². The molecule has 3 aromatic carbocycles. The van der Waals surface area contributed by atoms with Crippen LogP contribution in [0.15, 0.2) is 76.2 Å². The average molecular weight is 437 g/mol. The predicted octanol–water partition coefficient (Wildman–Crippen LogP) is 5.83. The van der Waals surface area contributed by atoms with Gasteiger partial charge in [-0.05, 0) is 79.1 Å². The first-order valence-corrected chi connectivity index (χ1v) is 9.68. The number of nitrogens with one attached hydrogen (secondary N) is 1. The summed E-state index contributed by atoms with van der Waals surface area (Å²) in [7, 11) is 0. The number of carbonyl (C=O) groups is 1. The number of anilines is 1. The molecule has 0 spiro atoms. The van der Waals surface area contributed by atoms with Crippen LogP contribution in [0.3, 0.4) is 0 Å². The van der Waals surface area contributed by atoms with Gasteiger partial charge in [0, 0.05) is 16.4 Å². The van der Waals surface area contributed by atoms with Gasteiger partial charge < -0.3 is 10.1 Å². The number of carbonyl (C=O) groups excluding carboxylic acids is 1. The van der Waals surface area contributed by atoms with Crippen LogP contribution < -0.4 is 10.1 Å². The van der Waals surface area contributed by atoms with E-state index in [0.29, 0.717) is 5.75 Å². The molecule has 0 atom stereocenters. The first kappa shape index (κ1) is 19.8. The number of hydrogen-bond acceptors (Lipinski definition) is 3. The maximum absolute atomic E-state index is 12.1. The molecule has 0 aliphatic heterocycles. The summed E-state index contributed by atoms with van der Waals surface area (Å²) >= 11 is 3.41. The van der Waals surface area contributed by atoms with Gasteiger partial charge in [0.25, 0.3) is 5.91 Å². The maximum Gasteiger partial charge on any atom is 0.262 e. The monoisotopic (exact) mass is 436 g/mol. The van der Waals surface area contributed by atoms with Crippen molar-refractivity contribution in [3.63, 3.8) is 0 Å². The largest absolute Gasteiger partial charge is 0.484 e. The second-order valence-corrected chi connectivity index (χ2v) is 7.36. The molecule has 142 valence electrons. The number of aliphatic imine (C=N–C) groups is 1. The van der Waals surface area contributed by atoms with E-state index in [2.05, 4.69) is 26.2 Å². The molecule has 0 bridgehead atoms. The second kappa shape index (κ2) is 9.33. The molecular formula is C23H21BrN2O2. The quantitative estimate of drug-likeness (QED) is 0.493. The smallest absolute Gasteiger partial charge is 0.262 e. The van der Waals surface area contributed by atoms with E-state index < -0.39 is 0 Å². The lowest BCUT2D eigenvalue weighted by Gasteiger charge is -2.09. The van der Waals surface area contributed by atoms with Crippen molar-refractivity contribution in [1.82, 2.24) is 0 Å². The van der Waals surface area contributed by atoms with Crippen molar-refractivity contribution in [2.24, 2.45) is 4.99 Å². The third-order valence-corrected chi connectivity index (χ3v) is 4.74. The molecule has 0 fully saturated rings. The van der Waals surface area contributed by atoms with Gasteiger partial charge in [-0.1, -0.05) is 34.1 Å². The summed E-state index contributed by atoms with van der Waals surface area (Å²) < 4.78 is 6.64. The lowest BCUT2D eigenvalue weighted by molar-refractivity contribution is -0.118. The van der Waals surface area contributed by atoms with Gasteiger partial charge in [0.15, 0.2) is 6.61 Å². The molecule has 1 amide bonds. The number of nitrogens with zero attached hydrogens (tertiary/aromatic N) is 1. The van der Waals surface area contributed by atoms with E-state index in [1.165, 1.54) is 5.56 Å². The summed E-state index contributed by atoms with van der Waals surface area (Å²) in [6.45, 7) is 4.00. The Morgan fingerprint density at radius 3 is 2.57 bits per heavy atom. The Morgan fingerprint density at radius 1 is 1.04 bits per heavy atom. The normalized spacial score (nSPS) is 10.8. The van der Waals surface area contributed by atoms with Gasteiger partial charge in [0.2, 0.25) is 0 Å². The van der Waals surface area contributed by atoms with Crippen LogP contribution in [0.5, 0.6) is 5.75 Å². The SMILES string of the molecule is Cc1ccc(NC(=O)COc2cccc(C=Nc3ccc(Br)cc3)c2)cc1C. The number of ether oxygens (including phenoxy) is 1. The van der Waals surface area contributed by atoms with Crippen molar-refractivity contribution in [2.45, 2.75) is 13.8 Å². The molecule has 28 heavy (non-hydrogen) atoms. The maximum atomic E-state index is 12.1. The Labute approximate surface area is 173 Å². The highest BCUT2D eigenvalue weighted by Gasteiger charge is 2.05. The van der Waals surface area contributed by atoms with Crippen molar-refractivity contribution in [1.29, 1.82) is 0 Å². The van der Waals surface area contributed by atoms with Gasteiger partial charge in [0.1, 0.15) is 5.75 Å². The number of halogens is 1. The third kappa shape index (κ3) is 5.79. The van der Waals surface area contributed by atoms with Gasteiger partial charge in [-0.15, -0.1) is 0 Å². The van der Waals surface area contributed by atoms with E-state index in [1.54, 1.807) is 6.21 Å². The standard InChI is InChI=1S/C23H21BrN2O2/c1-16-6-9-21(12-17(16)2)26-23(27)15-28-22-5-3-4-18(13-22)14-25-20-10-7-19(24)8-11-20/h3-14H,15H2,1-2H3,(H,26,27). The molecule has 0 heterocycles. The molecule has 0 unspecified atom stereocenters. The van der Waals surface area contributed by atoms with Crippen molar-refractivity contribution < 1.29 is 9.53 Å². The molecule has 0 saturated carbocycles. The van der Waals surface area contributed by atoms with E-state index in [1.807, 2.05) is 80.6 Å². The Bertz CT molecular complexity index is 998. The Kier molecular flexibility index (Phi) is 6.61. The van der Waals surface area contributed by atoms with Crippen LogP contribution in [0.25, 0.3) is 0 Å². The molecule has 5 heteroatoms. The van der Waals surface area contributed by atoms with Crippen molar-refractivity contribution in [3.05, 3.63) is 87.9 Å². The molecule has 3 aromatic rings. The van der Waals surface area contributed by atoms with Gasteiger partial charge in [-0.2, -0.15) is 0 Å². The van der Waals surface area contributed by atoms with E-state index in [4.69, 9.17) is 4.74 Å². The molecule has 1 N–H and O–H groups in total. The van der Waals surface area contributed by atoms with E-state index in [9.17, 15) is 4.79 Å². The van der Waals surface area contributed by atoms with Gasteiger partial charge in [0.05, 0.1) is 5.69 Å². The lowest BCUT2D eigenvalue weighted by Crippen LogP contribution is -2.20. The van der Waals surface area contributed by atoms with Crippen LogP contribution in [0.2, 0.25) is 0 Å². The molecule has 0 aliphatic carbocycles. The number of benzene rings is 3. The van der Waals surface area contributed by atoms with Crippen molar-refractivity contribution in [2.75, 3.05) is 11.9 Å². The van der Waals surface area contributed by atoms with Crippen LogP contribution in [-0.4, -0.2) is 18.7 Å². The van der Waals surface area contributed by atoms with Gasteiger partial charge in [-0.25, -0.2) is 0 Å². The molecular weight excluding hydrogens is 416 g/mol. The number of amides is 1. The zero-order valence-corrected chi connectivity index (χ0v) is 17.4. The van der Waals surface area contributed by atoms with E-state index in [0.717, 1.165) is 27.0 Å². The molecule has 4 nitrogen and oxygen atoms in total.